The van der Waals surface area contributed by atoms with Crippen molar-refractivity contribution in [3.8, 4) is 5.75 Å². The fraction of sp³-hybridized carbons (Fsp3) is 0.455. The lowest BCUT2D eigenvalue weighted by atomic mass is 9.97. The van der Waals surface area contributed by atoms with Crippen LogP contribution in [0.4, 0.5) is 0 Å². The zero-order valence-electron chi connectivity index (χ0n) is 16.9. The minimum Gasteiger partial charge on any atom is -0.493 e. The predicted octanol–water partition coefficient (Wildman–Crippen LogP) is 4.46. The molecule has 5 nitrogen and oxygen atoms in total. The van der Waals surface area contributed by atoms with Crippen LogP contribution in [-0.2, 0) is 24.1 Å². The van der Waals surface area contributed by atoms with Crippen molar-refractivity contribution >= 4 is 33.3 Å². The highest BCUT2D eigenvalue weighted by Crippen LogP contribution is 2.34. The summed E-state index contributed by atoms with van der Waals surface area (Å²) in [5, 5.41) is 1.59. The Morgan fingerprint density at radius 2 is 1.97 bits per heavy atom. The highest BCUT2D eigenvalue weighted by Gasteiger charge is 2.22. The zero-order valence-corrected chi connectivity index (χ0v) is 18.5. The van der Waals surface area contributed by atoms with Crippen LogP contribution in [0, 0.1) is 6.92 Å². The van der Waals surface area contributed by atoms with Crippen molar-refractivity contribution in [3.05, 3.63) is 50.6 Å². The van der Waals surface area contributed by atoms with E-state index in [1.54, 1.807) is 34.8 Å². The van der Waals surface area contributed by atoms with Gasteiger partial charge in [0.1, 0.15) is 10.6 Å². The summed E-state index contributed by atoms with van der Waals surface area (Å²) < 4.78 is 12.8. The Bertz CT molecular complexity index is 1040. The number of ether oxygens (including phenoxy) is 2. The molecule has 154 valence electrons. The van der Waals surface area contributed by atoms with Gasteiger partial charge in [-0.15, -0.1) is 11.3 Å². The maximum absolute atomic E-state index is 13.3. The van der Waals surface area contributed by atoms with Gasteiger partial charge in [0.2, 0.25) is 0 Å². The van der Waals surface area contributed by atoms with Gasteiger partial charge in [-0.3, -0.25) is 9.36 Å². The molecule has 2 aromatic heterocycles. The second-order valence-corrected chi connectivity index (χ2v) is 9.39. The van der Waals surface area contributed by atoms with E-state index in [4.69, 9.17) is 14.5 Å². The van der Waals surface area contributed by atoms with E-state index in [1.165, 1.54) is 22.4 Å². The smallest absolute Gasteiger partial charge is 0.263 e. The molecule has 0 saturated heterocycles. The van der Waals surface area contributed by atoms with Crippen molar-refractivity contribution in [2.75, 3.05) is 26.1 Å². The van der Waals surface area contributed by atoms with Crippen molar-refractivity contribution in [3.63, 3.8) is 0 Å². The van der Waals surface area contributed by atoms with Crippen LogP contribution in [0.5, 0.6) is 5.75 Å². The topological polar surface area (TPSA) is 53.4 Å². The van der Waals surface area contributed by atoms with Crippen molar-refractivity contribution in [1.82, 2.24) is 9.55 Å². The molecule has 0 unspecified atom stereocenters. The van der Waals surface area contributed by atoms with Crippen LogP contribution >= 0.6 is 23.1 Å². The van der Waals surface area contributed by atoms with Gasteiger partial charge >= 0.3 is 0 Å². The molecule has 0 spiro atoms. The van der Waals surface area contributed by atoms with Crippen LogP contribution in [0.1, 0.15) is 28.8 Å². The van der Waals surface area contributed by atoms with E-state index >= 15 is 0 Å². The maximum atomic E-state index is 13.3. The lowest BCUT2D eigenvalue weighted by molar-refractivity contribution is 0.183. The van der Waals surface area contributed by atoms with Gasteiger partial charge < -0.3 is 9.47 Å². The maximum Gasteiger partial charge on any atom is 0.263 e. The van der Waals surface area contributed by atoms with Crippen LogP contribution in [0.15, 0.2) is 34.2 Å². The molecule has 1 aliphatic rings. The molecule has 0 saturated carbocycles. The third-order valence-corrected chi connectivity index (χ3v) is 7.29. The Balaban J connectivity index is 1.55. The molecule has 0 atom stereocenters. The van der Waals surface area contributed by atoms with Gasteiger partial charge in [-0.2, -0.15) is 0 Å². The van der Waals surface area contributed by atoms with Gasteiger partial charge in [0, 0.05) is 17.7 Å². The van der Waals surface area contributed by atoms with E-state index in [9.17, 15) is 4.79 Å². The molecule has 0 bridgehead atoms. The predicted molar refractivity (Wildman–Crippen MR) is 120 cm³/mol. The number of thioether (sulfide) groups is 1. The van der Waals surface area contributed by atoms with E-state index < -0.39 is 0 Å². The van der Waals surface area contributed by atoms with Crippen molar-refractivity contribution in [1.29, 1.82) is 0 Å². The van der Waals surface area contributed by atoms with Crippen LogP contribution in [-0.4, -0.2) is 35.6 Å². The quantitative estimate of drug-likeness (QED) is 0.300. The normalized spacial score (nSPS) is 13.6. The van der Waals surface area contributed by atoms with Gasteiger partial charge in [-0.05, 0) is 50.3 Å². The summed E-state index contributed by atoms with van der Waals surface area (Å²) in [6, 6.07) is 8.04. The van der Waals surface area contributed by atoms with Crippen molar-refractivity contribution in [2.45, 2.75) is 44.3 Å². The fourth-order valence-electron chi connectivity index (χ4n) is 3.64. The second kappa shape index (κ2) is 9.32. The largest absolute Gasteiger partial charge is 0.493 e. The van der Waals surface area contributed by atoms with E-state index in [-0.39, 0.29) is 5.56 Å². The molecule has 1 aliphatic carbocycles. The first-order chi connectivity index (χ1) is 14.2. The fourth-order valence-corrected chi connectivity index (χ4v) is 5.78. The van der Waals surface area contributed by atoms with Crippen molar-refractivity contribution < 1.29 is 9.47 Å². The summed E-state index contributed by atoms with van der Waals surface area (Å²) >= 11 is 3.27. The third kappa shape index (κ3) is 4.52. The summed E-state index contributed by atoms with van der Waals surface area (Å²) in [6.45, 7) is 3.63. The van der Waals surface area contributed by atoms with E-state index in [0.717, 1.165) is 46.1 Å². The minimum absolute atomic E-state index is 0.0772. The highest BCUT2D eigenvalue weighted by molar-refractivity contribution is 7.99. The molecule has 0 fully saturated rings. The molecule has 4 rings (SSSR count). The Labute approximate surface area is 179 Å². The first kappa shape index (κ1) is 20.4. The number of rotatable bonds is 8. The lowest BCUT2D eigenvalue weighted by Crippen LogP contribution is -2.25. The minimum atomic E-state index is 0.0772. The average Bonchev–Trinajstić information content (AvgIpc) is 3.10. The molecule has 0 aliphatic heterocycles. The lowest BCUT2D eigenvalue weighted by Gasteiger charge is -2.13. The van der Waals surface area contributed by atoms with Gasteiger partial charge in [-0.1, -0.05) is 29.5 Å². The second-order valence-electron chi connectivity index (χ2n) is 7.24. The number of nitrogens with zero attached hydrogens (tertiary/aromatic N) is 2. The number of aryl methyl sites for hydroxylation is 3. The molecule has 7 heteroatoms. The summed E-state index contributed by atoms with van der Waals surface area (Å²) in [6.07, 6.45) is 4.42. The van der Waals surface area contributed by atoms with Gasteiger partial charge in [0.25, 0.3) is 5.56 Å². The summed E-state index contributed by atoms with van der Waals surface area (Å²) in [4.78, 5) is 20.4. The number of hydrogen-bond acceptors (Lipinski definition) is 6. The number of thiophene rings is 1. The Morgan fingerprint density at radius 3 is 2.76 bits per heavy atom. The van der Waals surface area contributed by atoms with E-state index in [1.807, 2.05) is 24.3 Å². The van der Waals surface area contributed by atoms with E-state index in [2.05, 4.69) is 6.92 Å². The van der Waals surface area contributed by atoms with Crippen LogP contribution < -0.4 is 10.3 Å². The summed E-state index contributed by atoms with van der Waals surface area (Å²) in [5.74, 6) is 1.59. The Hall–Kier alpha value is -1.83. The number of hydrogen-bond donors (Lipinski definition) is 0. The van der Waals surface area contributed by atoms with Gasteiger partial charge in [0.05, 0.1) is 25.1 Å². The number of methoxy groups -OCH3 is 1. The number of aromatic nitrogens is 2. The first-order valence-electron chi connectivity index (χ1n) is 10.0. The highest BCUT2D eigenvalue weighted by atomic mass is 32.2. The SMILES string of the molecule is COCCn1c(SCCOc2ccc(C)cc2)nc2sc3c(c2c1=O)CCCC3. The molecule has 3 aromatic rings. The first-order valence-corrected chi connectivity index (χ1v) is 11.8. The third-order valence-electron chi connectivity index (χ3n) is 5.16. The van der Waals surface area contributed by atoms with Crippen LogP contribution in [0.3, 0.4) is 0 Å². The van der Waals surface area contributed by atoms with Gasteiger partial charge in [0.15, 0.2) is 5.16 Å². The average molecular weight is 431 g/mol. The Morgan fingerprint density at radius 1 is 1.17 bits per heavy atom. The van der Waals surface area contributed by atoms with E-state index in [0.29, 0.717) is 19.8 Å². The molecule has 0 radical (unpaired) electrons. The standard InChI is InChI=1S/C22H26N2O3S2/c1-15-7-9-16(10-8-15)27-13-14-28-22-23-20-19(21(25)24(22)11-12-26-2)17-5-3-4-6-18(17)29-20/h7-10H,3-6,11-14H2,1-2H3. The molecular formula is C22H26N2O3S2. The van der Waals surface area contributed by atoms with Crippen LogP contribution in [0.25, 0.3) is 10.2 Å². The Kier molecular flexibility index (Phi) is 6.57. The monoisotopic (exact) mass is 430 g/mol. The number of fused-ring (bicyclic) bond motifs is 3. The number of benzene rings is 1. The summed E-state index contributed by atoms with van der Waals surface area (Å²) in [7, 11) is 1.66. The van der Waals surface area contributed by atoms with Crippen LogP contribution in [0.2, 0.25) is 0 Å². The van der Waals surface area contributed by atoms with Gasteiger partial charge in [-0.25, -0.2) is 4.98 Å². The van der Waals surface area contributed by atoms with Crippen molar-refractivity contribution in [2.24, 2.45) is 0 Å². The molecule has 29 heavy (non-hydrogen) atoms. The summed E-state index contributed by atoms with van der Waals surface area (Å²) in [5.41, 5.74) is 2.53. The molecule has 2 heterocycles. The molecular weight excluding hydrogens is 404 g/mol. The molecule has 0 N–H and O–H groups in total. The zero-order chi connectivity index (χ0) is 20.2. The molecule has 1 aromatic carbocycles. The molecule has 0 amide bonds.